The van der Waals surface area contributed by atoms with Crippen molar-refractivity contribution < 1.29 is 19.0 Å². The lowest BCUT2D eigenvalue weighted by atomic mass is 10.1. The van der Waals surface area contributed by atoms with Gasteiger partial charge in [-0.1, -0.05) is 24.3 Å². The molecule has 5 heteroatoms. The minimum absolute atomic E-state index is 0.0727. The first kappa shape index (κ1) is 14.5. The van der Waals surface area contributed by atoms with Gasteiger partial charge in [-0.25, -0.2) is 4.39 Å². The van der Waals surface area contributed by atoms with Crippen molar-refractivity contribution in [3.05, 3.63) is 65.0 Å². The number of nitrogens with one attached hydrogen (secondary N) is 1. The molecule has 2 aromatic rings. The van der Waals surface area contributed by atoms with Crippen molar-refractivity contribution in [2.75, 3.05) is 0 Å². The molecule has 0 radical (unpaired) electrons. The normalized spacial score (nSPS) is 16.0. The standard InChI is InChI=1S/C17H16FNO3/c18-14-5-6-15-13(7-14)8-16(22-15)17(21)19-9-11-3-1-2-4-12(11)10-20/h1-7,16,20H,8-10H2,(H,19,21). The van der Waals surface area contributed by atoms with Crippen molar-refractivity contribution in [1.29, 1.82) is 0 Å². The van der Waals surface area contributed by atoms with E-state index in [4.69, 9.17) is 4.74 Å². The Morgan fingerprint density at radius 3 is 2.82 bits per heavy atom. The first-order chi connectivity index (χ1) is 10.7. The quantitative estimate of drug-likeness (QED) is 0.907. The van der Waals surface area contributed by atoms with Crippen LogP contribution in [0.5, 0.6) is 5.75 Å². The van der Waals surface area contributed by atoms with Crippen molar-refractivity contribution >= 4 is 5.91 Å². The number of aliphatic hydroxyl groups is 1. The maximum absolute atomic E-state index is 13.2. The zero-order valence-corrected chi connectivity index (χ0v) is 11.9. The molecule has 1 aliphatic rings. The molecule has 1 unspecified atom stereocenters. The number of rotatable bonds is 4. The van der Waals surface area contributed by atoms with Crippen LogP contribution in [-0.4, -0.2) is 17.1 Å². The van der Waals surface area contributed by atoms with Crippen LogP contribution >= 0.6 is 0 Å². The summed E-state index contributed by atoms with van der Waals surface area (Å²) in [5.74, 6) is -0.0260. The third-order valence-corrected chi connectivity index (χ3v) is 3.73. The second-order valence-electron chi connectivity index (χ2n) is 5.21. The molecule has 1 aliphatic heterocycles. The van der Waals surface area contributed by atoms with E-state index in [2.05, 4.69) is 5.32 Å². The second kappa shape index (κ2) is 6.15. The van der Waals surface area contributed by atoms with E-state index in [9.17, 15) is 14.3 Å². The minimum atomic E-state index is -0.641. The van der Waals surface area contributed by atoms with Crippen LogP contribution in [0, 0.1) is 5.82 Å². The average molecular weight is 301 g/mol. The summed E-state index contributed by atoms with van der Waals surface area (Å²) in [6.07, 6.45) is -0.279. The number of halogens is 1. The number of aliphatic hydroxyl groups excluding tert-OH is 1. The Labute approximate surface area is 127 Å². The molecular weight excluding hydrogens is 285 g/mol. The highest BCUT2D eigenvalue weighted by Crippen LogP contribution is 2.29. The van der Waals surface area contributed by atoms with Crippen LogP contribution in [0.1, 0.15) is 16.7 Å². The maximum atomic E-state index is 13.2. The molecule has 0 spiro atoms. The summed E-state index contributed by atoms with van der Waals surface area (Å²) in [4.78, 5) is 12.2. The summed E-state index contributed by atoms with van der Waals surface area (Å²) in [6.45, 7) is 0.247. The fraction of sp³-hybridized carbons (Fsp3) is 0.235. The second-order valence-corrected chi connectivity index (χ2v) is 5.21. The number of hydrogen-bond acceptors (Lipinski definition) is 3. The summed E-state index contributed by atoms with van der Waals surface area (Å²) in [5.41, 5.74) is 2.34. The molecule has 0 saturated carbocycles. The number of amides is 1. The van der Waals surface area contributed by atoms with Crippen molar-refractivity contribution in [1.82, 2.24) is 5.32 Å². The van der Waals surface area contributed by atoms with Crippen LogP contribution in [0.15, 0.2) is 42.5 Å². The van der Waals surface area contributed by atoms with Gasteiger partial charge in [0.05, 0.1) is 6.61 Å². The molecule has 3 rings (SSSR count). The summed E-state index contributed by atoms with van der Waals surface area (Å²) >= 11 is 0. The number of carbonyl (C=O) groups excluding carboxylic acids is 1. The first-order valence-corrected chi connectivity index (χ1v) is 7.08. The molecule has 1 heterocycles. The SMILES string of the molecule is O=C(NCc1ccccc1CO)C1Cc2cc(F)ccc2O1. The molecular formula is C17H16FNO3. The van der Waals surface area contributed by atoms with Crippen LogP contribution in [0.2, 0.25) is 0 Å². The predicted molar refractivity (Wildman–Crippen MR) is 78.7 cm³/mol. The van der Waals surface area contributed by atoms with E-state index < -0.39 is 6.10 Å². The molecule has 1 atom stereocenters. The van der Waals surface area contributed by atoms with Gasteiger partial charge in [0.25, 0.3) is 5.91 Å². The van der Waals surface area contributed by atoms with Gasteiger partial charge in [0.1, 0.15) is 11.6 Å². The van der Waals surface area contributed by atoms with Gasteiger partial charge in [-0.15, -0.1) is 0 Å². The van der Waals surface area contributed by atoms with Crippen LogP contribution in [0.25, 0.3) is 0 Å². The lowest BCUT2D eigenvalue weighted by Crippen LogP contribution is -2.37. The molecule has 0 aliphatic carbocycles. The Balaban J connectivity index is 1.62. The highest BCUT2D eigenvalue weighted by molar-refractivity contribution is 5.82. The first-order valence-electron chi connectivity index (χ1n) is 7.08. The molecule has 0 bridgehead atoms. The summed E-state index contributed by atoms with van der Waals surface area (Å²) in [5, 5.41) is 12.1. The molecule has 2 N–H and O–H groups in total. The van der Waals surface area contributed by atoms with E-state index in [-0.39, 0.29) is 18.3 Å². The van der Waals surface area contributed by atoms with Crippen molar-refractivity contribution in [3.63, 3.8) is 0 Å². The largest absolute Gasteiger partial charge is 0.480 e. The van der Waals surface area contributed by atoms with E-state index in [1.165, 1.54) is 12.1 Å². The van der Waals surface area contributed by atoms with E-state index in [0.29, 0.717) is 24.3 Å². The molecule has 0 saturated heterocycles. The highest BCUT2D eigenvalue weighted by atomic mass is 19.1. The Bertz CT molecular complexity index is 702. The summed E-state index contributed by atoms with van der Waals surface area (Å²) in [7, 11) is 0. The smallest absolute Gasteiger partial charge is 0.261 e. The Morgan fingerprint density at radius 1 is 1.27 bits per heavy atom. The summed E-state index contributed by atoms with van der Waals surface area (Å²) < 4.78 is 18.7. The van der Waals surface area contributed by atoms with E-state index in [1.807, 2.05) is 24.3 Å². The lowest BCUT2D eigenvalue weighted by Gasteiger charge is -2.13. The van der Waals surface area contributed by atoms with Crippen molar-refractivity contribution in [2.45, 2.75) is 25.7 Å². The van der Waals surface area contributed by atoms with Gasteiger partial charge < -0.3 is 15.2 Å². The number of hydrogen-bond donors (Lipinski definition) is 2. The van der Waals surface area contributed by atoms with Crippen LogP contribution in [0.4, 0.5) is 4.39 Å². The zero-order chi connectivity index (χ0) is 15.5. The van der Waals surface area contributed by atoms with Crippen molar-refractivity contribution in [2.24, 2.45) is 0 Å². The Morgan fingerprint density at radius 2 is 2.05 bits per heavy atom. The van der Waals surface area contributed by atoms with Crippen LogP contribution < -0.4 is 10.1 Å². The van der Waals surface area contributed by atoms with Gasteiger partial charge in [0.15, 0.2) is 6.10 Å². The average Bonchev–Trinajstić information content (AvgIpc) is 2.96. The van der Waals surface area contributed by atoms with Gasteiger partial charge in [0.2, 0.25) is 0 Å². The van der Waals surface area contributed by atoms with Gasteiger partial charge in [0, 0.05) is 18.5 Å². The molecule has 4 nitrogen and oxygen atoms in total. The highest BCUT2D eigenvalue weighted by Gasteiger charge is 2.29. The van der Waals surface area contributed by atoms with Gasteiger partial charge in [-0.3, -0.25) is 4.79 Å². The van der Waals surface area contributed by atoms with Gasteiger partial charge in [-0.05, 0) is 29.3 Å². The summed E-state index contributed by atoms with van der Waals surface area (Å²) in [6, 6.07) is 11.6. The fourth-order valence-corrected chi connectivity index (χ4v) is 2.54. The van der Waals surface area contributed by atoms with Gasteiger partial charge >= 0.3 is 0 Å². The predicted octanol–water partition coefficient (Wildman–Crippen LogP) is 1.94. The molecule has 0 fully saturated rings. The van der Waals surface area contributed by atoms with Gasteiger partial charge in [-0.2, -0.15) is 0 Å². The molecule has 22 heavy (non-hydrogen) atoms. The van der Waals surface area contributed by atoms with Crippen LogP contribution in [0.3, 0.4) is 0 Å². The Kier molecular flexibility index (Phi) is 4.06. The number of ether oxygens (including phenoxy) is 1. The zero-order valence-electron chi connectivity index (χ0n) is 11.9. The minimum Gasteiger partial charge on any atom is -0.480 e. The lowest BCUT2D eigenvalue weighted by molar-refractivity contribution is -0.127. The van der Waals surface area contributed by atoms with Crippen LogP contribution in [-0.2, 0) is 24.4 Å². The number of carbonyl (C=O) groups is 1. The van der Waals surface area contributed by atoms with Crippen molar-refractivity contribution in [3.8, 4) is 5.75 Å². The molecule has 2 aromatic carbocycles. The monoisotopic (exact) mass is 301 g/mol. The molecule has 114 valence electrons. The third-order valence-electron chi connectivity index (χ3n) is 3.73. The third kappa shape index (κ3) is 2.94. The van der Waals surface area contributed by atoms with E-state index in [1.54, 1.807) is 6.07 Å². The maximum Gasteiger partial charge on any atom is 0.261 e. The number of benzene rings is 2. The fourth-order valence-electron chi connectivity index (χ4n) is 2.54. The molecule has 0 aromatic heterocycles. The topological polar surface area (TPSA) is 58.6 Å². The Hall–Kier alpha value is -2.40. The van der Waals surface area contributed by atoms with E-state index >= 15 is 0 Å². The van der Waals surface area contributed by atoms with E-state index in [0.717, 1.165) is 11.1 Å². The number of fused-ring (bicyclic) bond motifs is 1. The molecule has 1 amide bonds.